The average Bonchev–Trinajstić information content (AvgIpc) is 3.14. The van der Waals surface area contributed by atoms with Gasteiger partial charge in [0.25, 0.3) is 0 Å². The van der Waals surface area contributed by atoms with Gasteiger partial charge in [-0.3, -0.25) is 14.0 Å². The van der Waals surface area contributed by atoms with E-state index < -0.39 is 0 Å². The maximum atomic E-state index is 11.9. The van der Waals surface area contributed by atoms with Gasteiger partial charge >= 0.3 is 8.69 Å². The molecule has 0 fully saturated rings. The third-order valence-electron chi connectivity index (χ3n) is 4.30. The van der Waals surface area contributed by atoms with Crippen molar-refractivity contribution in [3.63, 3.8) is 0 Å². The van der Waals surface area contributed by atoms with Crippen LogP contribution in [0.5, 0.6) is 0 Å². The average molecular weight is 434 g/mol. The summed E-state index contributed by atoms with van der Waals surface area (Å²) in [5, 5.41) is 20.3. The topological polar surface area (TPSA) is 116 Å². The molecular formula is C17H32N4O5P2. The van der Waals surface area contributed by atoms with Crippen molar-refractivity contribution in [1.82, 2.24) is 20.3 Å². The molecular weight excluding hydrogens is 402 g/mol. The van der Waals surface area contributed by atoms with Crippen LogP contribution in [0.25, 0.3) is 0 Å². The van der Waals surface area contributed by atoms with Crippen molar-refractivity contribution >= 4 is 24.1 Å². The number of aliphatic hydroxyl groups is 1. The zero-order valence-corrected chi connectivity index (χ0v) is 18.3. The molecule has 0 aromatic carbocycles. The summed E-state index contributed by atoms with van der Waals surface area (Å²) >= 11 is 0. The van der Waals surface area contributed by atoms with Gasteiger partial charge in [0.05, 0.1) is 18.9 Å². The molecule has 0 radical (unpaired) electrons. The number of carbonyl (C=O) groups excluding carboxylic acids is 1. The van der Waals surface area contributed by atoms with Crippen LogP contribution in [0.4, 0.5) is 0 Å². The summed E-state index contributed by atoms with van der Waals surface area (Å²) in [6.45, 7) is 2.45. The third kappa shape index (κ3) is 12.5. The van der Waals surface area contributed by atoms with Gasteiger partial charge in [0.15, 0.2) is 0 Å². The normalized spacial score (nSPS) is 12.4. The van der Waals surface area contributed by atoms with Crippen molar-refractivity contribution in [3.05, 3.63) is 11.9 Å². The first-order valence-electron chi connectivity index (χ1n) is 9.72. The molecule has 0 aliphatic rings. The number of nitrogens with zero attached hydrogens (tertiary/aromatic N) is 3. The van der Waals surface area contributed by atoms with Gasteiger partial charge in [0, 0.05) is 47.7 Å². The van der Waals surface area contributed by atoms with Crippen molar-refractivity contribution in [3.8, 4) is 0 Å². The van der Waals surface area contributed by atoms with Crippen LogP contribution in [0.3, 0.4) is 0 Å². The summed E-state index contributed by atoms with van der Waals surface area (Å²) < 4.78 is 21.6. The first-order valence-corrected chi connectivity index (χ1v) is 10.9. The smallest absolute Gasteiger partial charge is 0.327 e. The molecule has 2 N–H and O–H groups in total. The van der Waals surface area contributed by atoms with Crippen LogP contribution in [0.2, 0.25) is 0 Å². The lowest BCUT2D eigenvalue weighted by molar-refractivity contribution is -0.121. The molecule has 2 atom stereocenters. The molecule has 1 aromatic heterocycles. The van der Waals surface area contributed by atoms with Crippen LogP contribution in [0.15, 0.2) is 6.20 Å². The van der Waals surface area contributed by atoms with Crippen molar-refractivity contribution in [2.24, 2.45) is 5.92 Å². The van der Waals surface area contributed by atoms with Crippen LogP contribution < -0.4 is 5.32 Å². The Hall–Kier alpha value is -0.980. The fourth-order valence-electron chi connectivity index (χ4n) is 2.71. The number of hydrogen-bond donors (Lipinski definition) is 2. The van der Waals surface area contributed by atoms with Crippen LogP contribution in [-0.2, 0) is 31.4 Å². The molecule has 11 heteroatoms. The van der Waals surface area contributed by atoms with E-state index in [4.69, 9.17) is 9.05 Å². The summed E-state index contributed by atoms with van der Waals surface area (Å²) in [6.07, 6.45) is 8.34. The minimum absolute atomic E-state index is 0.0463. The molecule has 0 bridgehead atoms. The summed E-state index contributed by atoms with van der Waals surface area (Å²) in [6, 6.07) is 0. The minimum atomic E-state index is -0.275. The molecule has 160 valence electrons. The molecule has 28 heavy (non-hydrogen) atoms. The van der Waals surface area contributed by atoms with E-state index in [9.17, 15) is 14.5 Å². The Labute approximate surface area is 170 Å². The third-order valence-corrected chi connectivity index (χ3v) is 4.78. The van der Waals surface area contributed by atoms with E-state index in [2.05, 4.69) is 25.1 Å². The molecule has 1 rings (SSSR count). The van der Waals surface area contributed by atoms with E-state index in [1.54, 1.807) is 4.68 Å². The van der Waals surface area contributed by atoms with Gasteiger partial charge < -0.3 is 14.9 Å². The zero-order chi connectivity index (χ0) is 20.5. The number of unbranched alkanes of at least 4 members (excludes halogenated alkanes) is 2. The molecule has 1 heterocycles. The maximum Gasteiger partial charge on any atom is 0.327 e. The number of hydrogen-bond acceptors (Lipinski definition) is 7. The number of rotatable bonds is 18. The molecule has 0 aliphatic heterocycles. The lowest BCUT2D eigenvalue weighted by atomic mass is 10.0. The molecule has 1 amide bonds. The van der Waals surface area contributed by atoms with E-state index in [1.165, 1.54) is 0 Å². The lowest BCUT2D eigenvalue weighted by Gasteiger charge is -2.12. The van der Waals surface area contributed by atoms with Crippen molar-refractivity contribution in [1.29, 1.82) is 0 Å². The summed E-state index contributed by atoms with van der Waals surface area (Å²) in [7, 11) is 1.92. The Bertz CT molecular complexity index is 547. The molecule has 2 unspecified atom stereocenters. The standard InChI is InChI=1S/C17H32N4O5P2/c22-13-15(14-25-27)6-1-3-9-18-17(23)8-5-10-21-12-16(19-20-21)7-2-4-11-26-28-24/h12,15,22H,1-11,13-14,27H2,(H,18,23). The predicted octanol–water partition coefficient (Wildman–Crippen LogP) is 2.31. The molecule has 0 saturated heterocycles. The highest BCUT2D eigenvalue weighted by Crippen LogP contribution is 2.09. The fourth-order valence-corrected chi connectivity index (χ4v) is 3.19. The summed E-state index contributed by atoms with van der Waals surface area (Å²) in [5.74, 6) is 0.205. The number of aliphatic hydroxyl groups excluding tert-OH is 1. The van der Waals surface area contributed by atoms with Gasteiger partial charge in [-0.1, -0.05) is 11.6 Å². The van der Waals surface area contributed by atoms with Crippen LogP contribution in [-0.4, -0.2) is 52.4 Å². The van der Waals surface area contributed by atoms with Crippen molar-refractivity contribution < 1.29 is 23.5 Å². The monoisotopic (exact) mass is 434 g/mol. The van der Waals surface area contributed by atoms with Gasteiger partial charge in [-0.25, -0.2) is 4.57 Å². The van der Waals surface area contributed by atoms with E-state index in [1.807, 2.05) is 6.20 Å². The van der Waals surface area contributed by atoms with Crippen LogP contribution >= 0.6 is 18.2 Å². The highest BCUT2D eigenvalue weighted by atomic mass is 31.1. The summed E-state index contributed by atoms with van der Waals surface area (Å²) in [4.78, 5) is 11.9. The molecule has 0 saturated carbocycles. The molecule has 9 nitrogen and oxygen atoms in total. The number of carbonyl (C=O) groups is 1. The van der Waals surface area contributed by atoms with Gasteiger partial charge in [-0.15, -0.1) is 5.10 Å². The van der Waals surface area contributed by atoms with Gasteiger partial charge in [0.1, 0.15) is 0 Å². The molecule has 1 aromatic rings. The SMILES string of the molecule is O=POCCCCc1cn(CCCC(=O)NCCCCC(CO)COP)nn1. The van der Waals surface area contributed by atoms with E-state index in [0.717, 1.165) is 44.2 Å². The lowest BCUT2D eigenvalue weighted by Crippen LogP contribution is -2.24. The van der Waals surface area contributed by atoms with Gasteiger partial charge in [-0.05, 0) is 38.5 Å². The van der Waals surface area contributed by atoms with E-state index in [-0.39, 0.29) is 27.1 Å². The Balaban J connectivity index is 2.04. The quantitative estimate of drug-likeness (QED) is 0.269. The number of nitrogens with one attached hydrogen (secondary N) is 1. The first kappa shape index (κ1) is 25.1. The molecule has 0 spiro atoms. The molecule has 0 aliphatic carbocycles. The van der Waals surface area contributed by atoms with Crippen molar-refractivity contribution in [2.75, 3.05) is 26.4 Å². The number of aryl methyl sites for hydroxylation is 2. The predicted molar refractivity (Wildman–Crippen MR) is 109 cm³/mol. The van der Waals surface area contributed by atoms with Crippen molar-refractivity contribution in [2.45, 2.75) is 57.9 Å². The Morgan fingerprint density at radius 2 is 2.18 bits per heavy atom. The Morgan fingerprint density at radius 3 is 2.93 bits per heavy atom. The number of aromatic nitrogens is 3. The van der Waals surface area contributed by atoms with Gasteiger partial charge in [0.2, 0.25) is 5.91 Å². The maximum absolute atomic E-state index is 11.9. The number of amides is 1. The highest BCUT2D eigenvalue weighted by molar-refractivity contribution is 7.17. The fraction of sp³-hybridized carbons (Fsp3) is 0.824. The first-order chi connectivity index (χ1) is 13.7. The Morgan fingerprint density at radius 1 is 1.32 bits per heavy atom. The van der Waals surface area contributed by atoms with Crippen LogP contribution in [0, 0.1) is 5.92 Å². The minimum Gasteiger partial charge on any atom is -0.396 e. The second-order valence-electron chi connectivity index (χ2n) is 6.67. The highest BCUT2D eigenvalue weighted by Gasteiger charge is 2.07. The van der Waals surface area contributed by atoms with E-state index in [0.29, 0.717) is 39.1 Å². The largest absolute Gasteiger partial charge is 0.396 e. The second kappa shape index (κ2) is 16.9. The van der Waals surface area contributed by atoms with Gasteiger partial charge in [-0.2, -0.15) is 0 Å². The van der Waals surface area contributed by atoms with Crippen LogP contribution in [0.1, 0.15) is 50.6 Å². The summed E-state index contributed by atoms with van der Waals surface area (Å²) in [5.41, 5.74) is 0.914. The second-order valence-corrected chi connectivity index (χ2v) is 7.41. The zero-order valence-electron chi connectivity index (χ0n) is 16.3. The Kier molecular flexibility index (Phi) is 15.1. The van der Waals surface area contributed by atoms with E-state index >= 15 is 0 Å².